The highest BCUT2D eigenvalue weighted by molar-refractivity contribution is 7.89. The van der Waals surface area contributed by atoms with Crippen molar-refractivity contribution in [1.82, 2.24) is 9.29 Å². The van der Waals surface area contributed by atoms with E-state index < -0.39 is 10.0 Å². The molecule has 0 aliphatic carbocycles. The number of aromatic nitrogens is 1. The highest BCUT2D eigenvalue weighted by Crippen LogP contribution is 2.20. The fourth-order valence-electron chi connectivity index (χ4n) is 1.76. The van der Waals surface area contributed by atoms with Crippen LogP contribution in [0, 0.1) is 0 Å². The molecule has 0 radical (unpaired) electrons. The number of hydrogen-bond donors (Lipinski definition) is 1. The standard InChI is InChI=1S/C10H13N3O2S2/c11-10(16)9-4-3-8(7-12-9)17(14,15)13-5-1-2-6-13/h3-4,7H,1-2,5-6H2,(H2,11,16). The molecule has 1 fully saturated rings. The second-order valence-electron chi connectivity index (χ2n) is 3.85. The smallest absolute Gasteiger partial charge is 0.244 e. The van der Waals surface area contributed by atoms with Gasteiger partial charge in [-0.05, 0) is 25.0 Å². The Morgan fingerprint density at radius 1 is 1.35 bits per heavy atom. The Morgan fingerprint density at radius 2 is 2.00 bits per heavy atom. The van der Waals surface area contributed by atoms with Crippen molar-refractivity contribution in [3.05, 3.63) is 24.0 Å². The third kappa shape index (κ3) is 2.46. The van der Waals surface area contributed by atoms with E-state index in [0.29, 0.717) is 18.8 Å². The molecule has 1 aromatic rings. The number of hydrogen-bond acceptors (Lipinski definition) is 4. The largest absolute Gasteiger partial charge is 0.388 e. The van der Waals surface area contributed by atoms with E-state index in [-0.39, 0.29) is 9.88 Å². The average Bonchev–Trinajstić information content (AvgIpc) is 2.83. The topological polar surface area (TPSA) is 76.3 Å². The second-order valence-corrected chi connectivity index (χ2v) is 6.23. The quantitative estimate of drug-likeness (QED) is 0.810. The first-order chi connectivity index (χ1) is 8.01. The number of pyridine rings is 1. The number of nitrogens with two attached hydrogens (primary N) is 1. The molecule has 0 aromatic carbocycles. The van der Waals surface area contributed by atoms with Gasteiger partial charge in [0.15, 0.2) is 0 Å². The van der Waals surface area contributed by atoms with Crippen LogP contribution in [0.1, 0.15) is 18.5 Å². The minimum Gasteiger partial charge on any atom is -0.388 e. The van der Waals surface area contributed by atoms with Gasteiger partial charge in [-0.15, -0.1) is 0 Å². The Labute approximate surface area is 106 Å². The van der Waals surface area contributed by atoms with Crippen LogP contribution in [0.25, 0.3) is 0 Å². The molecule has 0 saturated carbocycles. The fourth-order valence-corrected chi connectivity index (χ4v) is 3.34. The summed E-state index contributed by atoms with van der Waals surface area (Å²) >= 11 is 4.76. The first-order valence-electron chi connectivity index (χ1n) is 5.28. The lowest BCUT2D eigenvalue weighted by Gasteiger charge is -2.15. The van der Waals surface area contributed by atoms with E-state index in [9.17, 15) is 8.42 Å². The molecule has 17 heavy (non-hydrogen) atoms. The summed E-state index contributed by atoms with van der Waals surface area (Å²) in [5.74, 6) is 0. The van der Waals surface area contributed by atoms with Crippen LogP contribution < -0.4 is 5.73 Å². The monoisotopic (exact) mass is 271 g/mol. The molecule has 5 nitrogen and oxygen atoms in total. The summed E-state index contributed by atoms with van der Waals surface area (Å²) in [6, 6.07) is 3.03. The molecule has 2 rings (SSSR count). The second kappa shape index (κ2) is 4.67. The van der Waals surface area contributed by atoms with E-state index in [4.69, 9.17) is 18.0 Å². The third-order valence-electron chi connectivity index (χ3n) is 2.69. The molecule has 1 aromatic heterocycles. The third-order valence-corrected chi connectivity index (χ3v) is 4.78. The maximum absolute atomic E-state index is 12.1. The van der Waals surface area contributed by atoms with E-state index in [0.717, 1.165) is 12.8 Å². The van der Waals surface area contributed by atoms with Crippen molar-refractivity contribution in [2.75, 3.05) is 13.1 Å². The Hall–Kier alpha value is -1.05. The van der Waals surface area contributed by atoms with Crippen LogP contribution in [0.15, 0.2) is 23.2 Å². The molecule has 7 heteroatoms. The summed E-state index contributed by atoms with van der Waals surface area (Å²) in [6.07, 6.45) is 3.14. The van der Waals surface area contributed by atoms with Gasteiger partial charge in [0, 0.05) is 19.3 Å². The predicted molar refractivity (Wildman–Crippen MR) is 68.1 cm³/mol. The first kappa shape index (κ1) is 12.4. The van der Waals surface area contributed by atoms with Crippen molar-refractivity contribution in [3.63, 3.8) is 0 Å². The Balaban J connectivity index is 2.30. The highest BCUT2D eigenvalue weighted by Gasteiger charge is 2.27. The number of thiocarbonyl (C=S) groups is 1. The van der Waals surface area contributed by atoms with Gasteiger partial charge in [0.2, 0.25) is 10.0 Å². The van der Waals surface area contributed by atoms with Crippen LogP contribution in [0.4, 0.5) is 0 Å². The van der Waals surface area contributed by atoms with Crippen molar-refractivity contribution in [1.29, 1.82) is 0 Å². The molecule has 0 bridgehead atoms. The van der Waals surface area contributed by atoms with E-state index in [1.165, 1.54) is 22.6 Å². The lowest BCUT2D eigenvalue weighted by Crippen LogP contribution is -2.28. The van der Waals surface area contributed by atoms with E-state index in [1.54, 1.807) is 0 Å². The Kier molecular flexibility index (Phi) is 3.41. The molecule has 0 unspecified atom stereocenters. The molecular formula is C10H13N3O2S2. The van der Waals surface area contributed by atoms with Gasteiger partial charge in [0.05, 0.1) is 5.69 Å². The molecule has 1 saturated heterocycles. The highest BCUT2D eigenvalue weighted by atomic mass is 32.2. The number of rotatable bonds is 3. The van der Waals surface area contributed by atoms with Crippen LogP contribution in [-0.2, 0) is 10.0 Å². The molecule has 1 aliphatic heterocycles. The minimum atomic E-state index is -3.39. The van der Waals surface area contributed by atoms with E-state index in [2.05, 4.69) is 4.98 Å². The van der Waals surface area contributed by atoms with Crippen molar-refractivity contribution in [2.45, 2.75) is 17.7 Å². The predicted octanol–water partition coefficient (Wildman–Crippen LogP) is 0.500. The zero-order chi connectivity index (χ0) is 12.5. The van der Waals surface area contributed by atoms with Crippen LogP contribution in [0.2, 0.25) is 0 Å². The van der Waals surface area contributed by atoms with Gasteiger partial charge in [-0.1, -0.05) is 12.2 Å². The summed E-state index contributed by atoms with van der Waals surface area (Å²) in [4.78, 5) is 4.30. The van der Waals surface area contributed by atoms with Crippen molar-refractivity contribution in [2.24, 2.45) is 5.73 Å². The lowest BCUT2D eigenvalue weighted by molar-refractivity contribution is 0.477. The summed E-state index contributed by atoms with van der Waals surface area (Å²) in [6.45, 7) is 1.17. The van der Waals surface area contributed by atoms with Crippen LogP contribution >= 0.6 is 12.2 Å². The van der Waals surface area contributed by atoms with Gasteiger partial charge in [-0.3, -0.25) is 4.98 Å². The summed E-state index contributed by atoms with van der Waals surface area (Å²) in [5, 5.41) is 0. The Bertz CT molecular complexity index is 519. The molecule has 2 N–H and O–H groups in total. The lowest BCUT2D eigenvalue weighted by atomic mass is 10.3. The molecule has 1 aliphatic rings. The normalized spacial score (nSPS) is 17.2. The SMILES string of the molecule is NC(=S)c1ccc(S(=O)(=O)N2CCCC2)cn1. The Morgan fingerprint density at radius 3 is 2.47 bits per heavy atom. The zero-order valence-corrected chi connectivity index (χ0v) is 10.8. The van der Waals surface area contributed by atoms with Gasteiger partial charge in [-0.25, -0.2) is 8.42 Å². The number of nitrogens with zero attached hydrogens (tertiary/aromatic N) is 2. The molecule has 2 heterocycles. The molecule has 0 spiro atoms. The average molecular weight is 271 g/mol. The molecule has 92 valence electrons. The van der Waals surface area contributed by atoms with E-state index in [1.807, 2.05) is 0 Å². The summed E-state index contributed by atoms with van der Waals surface area (Å²) in [5.41, 5.74) is 5.83. The molecule has 0 amide bonds. The van der Waals surface area contributed by atoms with Gasteiger partial charge in [0.25, 0.3) is 0 Å². The van der Waals surface area contributed by atoms with Crippen LogP contribution in [-0.4, -0.2) is 35.8 Å². The van der Waals surface area contributed by atoms with Gasteiger partial charge in [-0.2, -0.15) is 4.31 Å². The van der Waals surface area contributed by atoms with Crippen molar-refractivity contribution >= 4 is 27.2 Å². The van der Waals surface area contributed by atoms with Gasteiger partial charge < -0.3 is 5.73 Å². The van der Waals surface area contributed by atoms with Crippen LogP contribution in [0.3, 0.4) is 0 Å². The fraction of sp³-hybridized carbons (Fsp3) is 0.400. The molecular weight excluding hydrogens is 258 g/mol. The minimum absolute atomic E-state index is 0.162. The van der Waals surface area contributed by atoms with E-state index >= 15 is 0 Å². The molecule has 0 atom stereocenters. The van der Waals surface area contributed by atoms with Gasteiger partial charge >= 0.3 is 0 Å². The first-order valence-corrected chi connectivity index (χ1v) is 7.12. The maximum atomic E-state index is 12.1. The van der Waals surface area contributed by atoms with Crippen LogP contribution in [0.5, 0.6) is 0 Å². The summed E-state index contributed by atoms with van der Waals surface area (Å²) < 4.78 is 25.8. The maximum Gasteiger partial charge on any atom is 0.244 e. The van der Waals surface area contributed by atoms with Gasteiger partial charge in [0.1, 0.15) is 9.88 Å². The number of sulfonamides is 1. The van der Waals surface area contributed by atoms with Crippen molar-refractivity contribution in [3.8, 4) is 0 Å². The zero-order valence-electron chi connectivity index (χ0n) is 9.17. The summed E-state index contributed by atoms with van der Waals surface area (Å²) in [7, 11) is -3.39. The van der Waals surface area contributed by atoms with Crippen molar-refractivity contribution < 1.29 is 8.42 Å².